The molecule has 0 saturated heterocycles. The minimum atomic E-state index is -3.30. The summed E-state index contributed by atoms with van der Waals surface area (Å²) < 4.78 is 23.6. The quantitative estimate of drug-likeness (QED) is 0.785. The first kappa shape index (κ1) is 12.8. The molecule has 5 nitrogen and oxygen atoms in total. The number of nitrogens with one attached hydrogen (secondary N) is 1. The van der Waals surface area contributed by atoms with Crippen molar-refractivity contribution < 1.29 is 8.42 Å². The zero-order chi connectivity index (χ0) is 14.3. The monoisotopic (exact) mass is 287 g/mol. The van der Waals surface area contributed by atoms with Gasteiger partial charge in [0.2, 0.25) is 0 Å². The minimum absolute atomic E-state index is 0.239. The van der Waals surface area contributed by atoms with Crippen LogP contribution in [0.15, 0.2) is 41.4 Å². The molecule has 2 aromatic heterocycles. The molecule has 0 fully saturated rings. The van der Waals surface area contributed by atoms with E-state index in [2.05, 4.69) is 15.0 Å². The second-order valence-corrected chi connectivity index (χ2v) is 6.68. The van der Waals surface area contributed by atoms with E-state index in [4.69, 9.17) is 0 Å². The van der Waals surface area contributed by atoms with E-state index in [0.717, 1.165) is 11.3 Å². The third-order valence-corrected chi connectivity index (χ3v) is 4.17. The van der Waals surface area contributed by atoms with Crippen molar-refractivity contribution in [3.63, 3.8) is 0 Å². The van der Waals surface area contributed by atoms with E-state index >= 15 is 0 Å². The summed E-state index contributed by atoms with van der Waals surface area (Å²) in [5.41, 5.74) is 2.94. The predicted octanol–water partition coefficient (Wildman–Crippen LogP) is 2.34. The fraction of sp³-hybridized carbons (Fsp3) is 0.143. The van der Waals surface area contributed by atoms with Crippen LogP contribution in [0.2, 0.25) is 0 Å². The van der Waals surface area contributed by atoms with Gasteiger partial charge in [0.15, 0.2) is 9.84 Å². The Bertz CT molecular complexity index is 898. The number of rotatable bonds is 2. The second kappa shape index (κ2) is 4.42. The number of pyridine rings is 1. The van der Waals surface area contributed by atoms with Gasteiger partial charge in [-0.2, -0.15) is 0 Å². The molecule has 0 atom stereocenters. The van der Waals surface area contributed by atoms with Gasteiger partial charge in [-0.15, -0.1) is 0 Å². The van der Waals surface area contributed by atoms with E-state index in [1.165, 1.54) is 6.26 Å². The molecule has 0 spiro atoms. The van der Waals surface area contributed by atoms with Gasteiger partial charge in [-0.1, -0.05) is 6.07 Å². The van der Waals surface area contributed by atoms with Crippen molar-refractivity contribution in [3.8, 4) is 11.4 Å². The first-order valence-corrected chi connectivity index (χ1v) is 7.96. The molecule has 1 aromatic carbocycles. The highest BCUT2D eigenvalue weighted by atomic mass is 32.2. The lowest BCUT2D eigenvalue weighted by molar-refractivity contribution is 0.602. The van der Waals surface area contributed by atoms with Crippen molar-refractivity contribution in [1.82, 2.24) is 15.0 Å². The molecule has 2 heterocycles. The largest absolute Gasteiger partial charge is 0.338 e. The fourth-order valence-corrected chi connectivity index (χ4v) is 2.97. The smallest absolute Gasteiger partial charge is 0.177 e. The van der Waals surface area contributed by atoms with Crippen LogP contribution < -0.4 is 0 Å². The standard InChI is InChI=1S/C14H13N3O2S/c1-9-8-10(6-7-15-9)14-16-11-4-3-5-12(13(11)17-14)20(2,18)19/h3-8H,1-2H3,(H,16,17). The van der Waals surface area contributed by atoms with Gasteiger partial charge >= 0.3 is 0 Å². The lowest BCUT2D eigenvalue weighted by Gasteiger charge is -1.98. The summed E-state index contributed by atoms with van der Waals surface area (Å²) >= 11 is 0. The lowest BCUT2D eigenvalue weighted by Crippen LogP contribution is -1.97. The van der Waals surface area contributed by atoms with Gasteiger partial charge in [0.05, 0.1) is 10.4 Å². The zero-order valence-corrected chi connectivity index (χ0v) is 11.9. The molecule has 3 aromatic rings. The normalized spacial score (nSPS) is 11.9. The third-order valence-electron chi connectivity index (χ3n) is 3.05. The maximum atomic E-state index is 11.8. The topological polar surface area (TPSA) is 75.7 Å². The van der Waals surface area contributed by atoms with E-state index < -0.39 is 9.84 Å². The number of aromatic amines is 1. The van der Waals surface area contributed by atoms with Gasteiger partial charge in [-0.25, -0.2) is 13.4 Å². The van der Waals surface area contributed by atoms with Gasteiger partial charge in [0, 0.05) is 23.7 Å². The molecule has 0 amide bonds. The summed E-state index contributed by atoms with van der Waals surface area (Å²) in [4.78, 5) is 12.0. The average molecular weight is 287 g/mol. The van der Waals surface area contributed by atoms with Gasteiger partial charge in [0.25, 0.3) is 0 Å². The molecule has 0 unspecified atom stereocenters. The van der Waals surface area contributed by atoms with Crippen molar-refractivity contribution in [1.29, 1.82) is 0 Å². The van der Waals surface area contributed by atoms with E-state index in [9.17, 15) is 8.42 Å². The number of benzene rings is 1. The number of sulfone groups is 1. The van der Waals surface area contributed by atoms with E-state index in [0.29, 0.717) is 16.9 Å². The van der Waals surface area contributed by atoms with Crippen LogP contribution in [-0.4, -0.2) is 29.6 Å². The number of hydrogen-bond acceptors (Lipinski definition) is 4. The number of imidazole rings is 1. The molecule has 0 saturated carbocycles. The third kappa shape index (κ3) is 2.18. The molecular formula is C14H13N3O2S. The lowest BCUT2D eigenvalue weighted by atomic mass is 10.2. The maximum Gasteiger partial charge on any atom is 0.177 e. The number of fused-ring (bicyclic) bond motifs is 1. The van der Waals surface area contributed by atoms with Crippen molar-refractivity contribution >= 4 is 20.9 Å². The SMILES string of the molecule is Cc1cc(-c2nc3c(S(C)(=O)=O)cccc3[nH]2)ccn1. The van der Waals surface area contributed by atoms with Crippen LogP contribution in [-0.2, 0) is 9.84 Å². The van der Waals surface area contributed by atoms with E-state index in [-0.39, 0.29) is 4.90 Å². The van der Waals surface area contributed by atoms with Crippen molar-refractivity contribution in [2.75, 3.05) is 6.26 Å². The number of nitrogens with zero attached hydrogens (tertiary/aromatic N) is 2. The number of aryl methyl sites for hydroxylation is 1. The van der Waals surface area contributed by atoms with Crippen molar-refractivity contribution in [3.05, 3.63) is 42.2 Å². The van der Waals surface area contributed by atoms with Gasteiger partial charge in [0.1, 0.15) is 11.3 Å². The van der Waals surface area contributed by atoms with Crippen LogP contribution in [0.4, 0.5) is 0 Å². The Kier molecular flexibility index (Phi) is 2.83. The highest BCUT2D eigenvalue weighted by molar-refractivity contribution is 7.91. The first-order valence-electron chi connectivity index (χ1n) is 6.07. The van der Waals surface area contributed by atoms with Gasteiger partial charge in [-0.05, 0) is 31.2 Å². The summed E-state index contributed by atoms with van der Waals surface area (Å²) in [6.07, 6.45) is 2.89. The summed E-state index contributed by atoms with van der Waals surface area (Å²) in [7, 11) is -3.30. The molecule has 0 aliphatic carbocycles. The number of H-pyrrole nitrogens is 1. The molecule has 0 aliphatic rings. The first-order chi connectivity index (χ1) is 9.45. The van der Waals surface area contributed by atoms with E-state index in [1.54, 1.807) is 18.3 Å². The molecule has 0 aliphatic heterocycles. The Labute approximate surface area is 116 Å². The van der Waals surface area contributed by atoms with Crippen LogP contribution >= 0.6 is 0 Å². The van der Waals surface area contributed by atoms with Crippen LogP contribution in [0.5, 0.6) is 0 Å². The molecule has 20 heavy (non-hydrogen) atoms. The molecule has 102 valence electrons. The highest BCUT2D eigenvalue weighted by Crippen LogP contribution is 2.25. The van der Waals surface area contributed by atoms with Crippen molar-refractivity contribution in [2.24, 2.45) is 0 Å². The Morgan fingerprint density at radius 1 is 1.20 bits per heavy atom. The second-order valence-electron chi connectivity index (χ2n) is 4.70. The Hall–Kier alpha value is -2.21. The summed E-state index contributed by atoms with van der Waals surface area (Å²) in [6, 6.07) is 8.83. The van der Waals surface area contributed by atoms with Crippen LogP contribution in [0.1, 0.15) is 5.69 Å². The van der Waals surface area contributed by atoms with Crippen molar-refractivity contribution in [2.45, 2.75) is 11.8 Å². The Balaban J connectivity index is 2.26. The number of para-hydroxylation sites is 1. The maximum absolute atomic E-state index is 11.8. The number of hydrogen-bond donors (Lipinski definition) is 1. The molecule has 6 heteroatoms. The fourth-order valence-electron chi connectivity index (χ4n) is 2.13. The van der Waals surface area contributed by atoms with Crippen LogP contribution in [0.3, 0.4) is 0 Å². The molecule has 3 rings (SSSR count). The predicted molar refractivity (Wildman–Crippen MR) is 77.2 cm³/mol. The van der Waals surface area contributed by atoms with Gasteiger partial charge < -0.3 is 4.98 Å². The Morgan fingerprint density at radius 3 is 2.70 bits per heavy atom. The zero-order valence-electron chi connectivity index (χ0n) is 11.1. The molecule has 1 N–H and O–H groups in total. The molecular weight excluding hydrogens is 274 g/mol. The Morgan fingerprint density at radius 2 is 2.00 bits per heavy atom. The average Bonchev–Trinajstić information content (AvgIpc) is 2.81. The highest BCUT2D eigenvalue weighted by Gasteiger charge is 2.15. The molecule has 0 bridgehead atoms. The molecule has 0 radical (unpaired) electrons. The van der Waals surface area contributed by atoms with Crippen LogP contribution in [0, 0.1) is 6.92 Å². The minimum Gasteiger partial charge on any atom is -0.338 e. The van der Waals surface area contributed by atoms with E-state index in [1.807, 2.05) is 25.1 Å². The van der Waals surface area contributed by atoms with Crippen LogP contribution in [0.25, 0.3) is 22.4 Å². The van der Waals surface area contributed by atoms with Gasteiger partial charge in [-0.3, -0.25) is 4.98 Å². The summed E-state index contributed by atoms with van der Waals surface area (Å²) in [5, 5.41) is 0. The summed E-state index contributed by atoms with van der Waals surface area (Å²) in [5.74, 6) is 0.640. The number of aromatic nitrogens is 3. The summed E-state index contributed by atoms with van der Waals surface area (Å²) in [6.45, 7) is 1.90.